The molecular formula is C7H10O3. The van der Waals surface area contributed by atoms with Gasteiger partial charge in [0.05, 0.1) is 6.61 Å². The van der Waals surface area contributed by atoms with Crippen LogP contribution in [0.15, 0.2) is 11.8 Å². The van der Waals surface area contributed by atoms with Gasteiger partial charge in [0.25, 0.3) is 0 Å². The van der Waals surface area contributed by atoms with Gasteiger partial charge >= 0.3 is 0 Å². The molecule has 0 aromatic heterocycles. The van der Waals surface area contributed by atoms with E-state index in [9.17, 15) is 4.79 Å². The van der Waals surface area contributed by atoms with Crippen LogP contribution >= 0.6 is 0 Å². The maximum atomic E-state index is 10.9. The predicted octanol–water partition coefficient (Wildman–Crippen LogP) is 0.240. The summed E-state index contributed by atoms with van der Waals surface area (Å²) in [6.07, 6.45) is 1.53. The second kappa shape index (κ2) is 2.84. The molecule has 3 heteroatoms. The van der Waals surface area contributed by atoms with E-state index < -0.39 is 6.10 Å². The molecule has 1 atom stereocenters. The molecule has 3 nitrogen and oxygen atoms in total. The zero-order chi connectivity index (χ0) is 7.56. The van der Waals surface area contributed by atoms with Crippen molar-refractivity contribution >= 4 is 5.78 Å². The van der Waals surface area contributed by atoms with Gasteiger partial charge in [-0.25, -0.2) is 0 Å². The molecular weight excluding hydrogens is 132 g/mol. The number of hydrogen-bond acceptors (Lipinski definition) is 3. The van der Waals surface area contributed by atoms with Crippen LogP contribution in [0, 0.1) is 0 Å². The van der Waals surface area contributed by atoms with Crippen LogP contribution in [0.1, 0.15) is 13.3 Å². The summed E-state index contributed by atoms with van der Waals surface area (Å²) < 4.78 is 4.93. The second-order valence-corrected chi connectivity index (χ2v) is 2.25. The van der Waals surface area contributed by atoms with Gasteiger partial charge in [0.15, 0.2) is 5.76 Å². The Morgan fingerprint density at radius 1 is 1.90 bits per heavy atom. The zero-order valence-corrected chi connectivity index (χ0v) is 5.83. The summed E-state index contributed by atoms with van der Waals surface area (Å²) in [4.78, 5) is 10.9. The first-order chi connectivity index (χ1) is 4.72. The highest BCUT2D eigenvalue weighted by molar-refractivity contribution is 5.96. The quantitative estimate of drug-likeness (QED) is 0.600. The molecule has 0 fully saturated rings. The van der Waals surface area contributed by atoms with E-state index >= 15 is 0 Å². The van der Waals surface area contributed by atoms with Crippen molar-refractivity contribution in [1.82, 2.24) is 0 Å². The number of carbonyl (C=O) groups excluding carboxylic acids is 1. The molecule has 1 N–H and O–H groups in total. The van der Waals surface area contributed by atoms with Crippen LogP contribution in [0.5, 0.6) is 0 Å². The van der Waals surface area contributed by atoms with Crippen LogP contribution in [0.3, 0.4) is 0 Å². The zero-order valence-electron chi connectivity index (χ0n) is 5.83. The van der Waals surface area contributed by atoms with Crippen molar-refractivity contribution in [2.24, 2.45) is 0 Å². The topological polar surface area (TPSA) is 46.5 Å². The van der Waals surface area contributed by atoms with Gasteiger partial charge < -0.3 is 9.84 Å². The van der Waals surface area contributed by atoms with Gasteiger partial charge in [-0.1, -0.05) is 0 Å². The lowest BCUT2D eigenvalue weighted by Gasteiger charge is -2.03. The third-order valence-electron chi connectivity index (χ3n) is 1.33. The highest BCUT2D eigenvalue weighted by atomic mass is 16.5. The van der Waals surface area contributed by atoms with Gasteiger partial charge in [0.2, 0.25) is 5.78 Å². The Kier molecular flexibility index (Phi) is 2.06. The molecule has 0 aromatic rings. The van der Waals surface area contributed by atoms with Crippen molar-refractivity contribution in [2.75, 3.05) is 6.61 Å². The first kappa shape index (κ1) is 7.28. The molecule has 1 rings (SSSR count). The second-order valence-electron chi connectivity index (χ2n) is 2.25. The highest BCUT2D eigenvalue weighted by Gasteiger charge is 2.18. The molecule has 1 heterocycles. The third-order valence-corrected chi connectivity index (χ3v) is 1.33. The van der Waals surface area contributed by atoms with Crippen LogP contribution in [-0.4, -0.2) is 23.6 Å². The van der Waals surface area contributed by atoms with E-state index in [4.69, 9.17) is 9.84 Å². The van der Waals surface area contributed by atoms with Crippen molar-refractivity contribution in [3.05, 3.63) is 11.8 Å². The van der Waals surface area contributed by atoms with Gasteiger partial charge in [0.1, 0.15) is 6.10 Å². The van der Waals surface area contributed by atoms with Crippen molar-refractivity contribution < 1.29 is 14.6 Å². The minimum atomic E-state index is -0.940. The largest absolute Gasteiger partial charge is 0.490 e. The van der Waals surface area contributed by atoms with Crippen molar-refractivity contribution in [2.45, 2.75) is 19.4 Å². The summed E-state index contributed by atoms with van der Waals surface area (Å²) in [7, 11) is 0. The SMILES string of the molecule is CC(O)C(=O)C1=CCCO1. The maximum Gasteiger partial charge on any atom is 0.225 e. The summed E-state index contributed by atoms with van der Waals surface area (Å²) in [6.45, 7) is 2.00. The number of ether oxygens (including phenoxy) is 1. The monoisotopic (exact) mass is 142 g/mol. The van der Waals surface area contributed by atoms with E-state index in [2.05, 4.69) is 0 Å². The summed E-state index contributed by atoms with van der Waals surface area (Å²) >= 11 is 0. The first-order valence-corrected chi connectivity index (χ1v) is 3.27. The Balaban J connectivity index is 2.56. The summed E-state index contributed by atoms with van der Waals surface area (Å²) in [5, 5.41) is 8.81. The van der Waals surface area contributed by atoms with Gasteiger partial charge in [-0.15, -0.1) is 0 Å². The molecule has 0 radical (unpaired) electrons. The van der Waals surface area contributed by atoms with Crippen molar-refractivity contribution in [3.63, 3.8) is 0 Å². The number of rotatable bonds is 2. The predicted molar refractivity (Wildman–Crippen MR) is 35.3 cm³/mol. The van der Waals surface area contributed by atoms with Gasteiger partial charge in [-0.3, -0.25) is 4.79 Å². The van der Waals surface area contributed by atoms with Gasteiger partial charge in [-0.05, 0) is 13.0 Å². The lowest BCUT2D eigenvalue weighted by atomic mass is 10.2. The summed E-state index contributed by atoms with van der Waals surface area (Å²) in [5.41, 5.74) is 0. The molecule has 0 aliphatic carbocycles. The average Bonchev–Trinajstić information content (AvgIpc) is 2.36. The fourth-order valence-electron chi connectivity index (χ4n) is 0.795. The van der Waals surface area contributed by atoms with Crippen LogP contribution in [0.2, 0.25) is 0 Å². The van der Waals surface area contributed by atoms with E-state index in [1.807, 2.05) is 0 Å². The van der Waals surface area contributed by atoms with E-state index in [0.717, 1.165) is 6.42 Å². The first-order valence-electron chi connectivity index (χ1n) is 3.27. The molecule has 0 bridgehead atoms. The fourth-order valence-corrected chi connectivity index (χ4v) is 0.795. The molecule has 1 aliphatic heterocycles. The molecule has 10 heavy (non-hydrogen) atoms. The van der Waals surface area contributed by atoms with E-state index in [-0.39, 0.29) is 5.78 Å². The van der Waals surface area contributed by atoms with E-state index in [1.165, 1.54) is 6.92 Å². The van der Waals surface area contributed by atoms with Crippen molar-refractivity contribution in [1.29, 1.82) is 0 Å². The Morgan fingerprint density at radius 2 is 2.60 bits per heavy atom. The fraction of sp³-hybridized carbons (Fsp3) is 0.571. The van der Waals surface area contributed by atoms with Gasteiger partial charge in [-0.2, -0.15) is 0 Å². The molecule has 0 saturated heterocycles. The number of aliphatic hydroxyl groups is 1. The number of carbonyl (C=O) groups is 1. The Labute approximate surface area is 59.3 Å². The Bertz CT molecular complexity index is 170. The molecule has 0 spiro atoms. The lowest BCUT2D eigenvalue weighted by Crippen LogP contribution is -2.18. The van der Waals surface area contributed by atoms with Gasteiger partial charge in [0, 0.05) is 6.42 Å². The number of aliphatic hydroxyl groups excluding tert-OH is 1. The highest BCUT2D eigenvalue weighted by Crippen LogP contribution is 2.11. The number of ketones is 1. The van der Waals surface area contributed by atoms with Crippen LogP contribution in [0.25, 0.3) is 0 Å². The minimum absolute atomic E-state index is 0.315. The molecule has 0 aromatic carbocycles. The van der Waals surface area contributed by atoms with Crippen molar-refractivity contribution in [3.8, 4) is 0 Å². The Morgan fingerprint density at radius 3 is 3.00 bits per heavy atom. The molecule has 56 valence electrons. The standard InChI is InChI=1S/C7H10O3/c1-5(8)7(9)6-3-2-4-10-6/h3,5,8H,2,4H2,1H3. The van der Waals surface area contributed by atoms with E-state index in [1.54, 1.807) is 6.08 Å². The minimum Gasteiger partial charge on any atom is -0.490 e. The summed E-state index contributed by atoms with van der Waals surface area (Å²) in [6, 6.07) is 0. The maximum absolute atomic E-state index is 10.9. The average molecular weight is 142 g/mol. The van der Waals surface area contributed by atoms with E-state index in [0.29, 0.717) is 12.4 Å². The molecule has 0 amide bonds. The lowest BCUT2D eigenvalue weighted by molar-refractivity contribution is -0.125. The number of hydrogen-bond donors (Lipinski definition) is 1. The van der Waals surface area contributed by atoms with Crippen LogP contribution in [0.4, 0.5) is 0 Å². The summed E-state index contributed by atoms with van der Waals surface area (Å²) in [5.74, 6) is -0.00694. The Hall–Kier alpha value is -0.830. The third kappa shape index (κ3) is 1.36. The smallest absolute Gasteiger partial charge is 0.225 e. The molecule has 1 unspecified atom stereocenters. The molecule has 0 saturated carbocycles. The van der Waals surface area contributed by atoms with Crippen LogP contribution < -0.4 is 0 Å². The number of Topliss-reactive ketones (excluding diaryl/α,β-unsaturated/α-hetero) is 1. The normalized spacial score (nSPS) is 19.6. The molecule has 1 aliphatic rings. The van der Waals surface area contributed by atoms with Crippen LogP contribution in [-0.2, 0) is 9.53 Å².